The topological polar surface area (TPSA) is 55.4 Å². The highest BCUT2D eigenvalue weighted by molar-refractivity contribution is 6.74. The fraction of sp³-hybridized carbons (Fsp3) is 0.400. The third-order valence-corrected chi connectivity index (χ3v) is 13.6. The van der Waals surface area contributed by atoms with Crippen LogP contribution in [-0.2, 0) is 54.5 Å². The molecule has 0 saturated carbocycles. The molecule has 4 aromatic rings. The lowest BCUT2D eigenvalue weighted by Gasteiger charge is -2.47. The SMILES string of the molecule is CC(C)(C)[Si](C)(C)OCC1O[C@@H](OCc2ccccc2)C(OCc2ccccc2)[C@H](OCc2ccccc2)[C@H]1OCc1ccccc1. The molecule has 47 heavy (non-hydrogen) atoms. The van der Waals surface area contributed by atoms with Gasteiger partial charge in [-0.25, -0.2) is 0 Å². The Bertz CT molecular complexity index is 1450. The minimum Gasteiger partial charge on any atom is -0.414 e. The summed E-state index contributed by atoms with van der Waals surface area (Å²) in [6, 6.07) is 40.7. The summed E-state index contributed by atoms with van der Waals surface area (Å²) >= 11 is 0. The van der Waals surface area contributed by atoms with E-state index < -0.39 is 39.0 Å². The van der Waals surface area contributed by atoms with Crippen LogP contribution in [0.2, 0.25) is 18.1 Å². The van der Waals surface area contributed by atoms with E-state index in [1.54, 1.807) is 0 Å². The molecule has 1 heterocycles. The van der Waals surface area contributed by atoms with Gasteiger partial charge in [-0.3, -0.25) is 0 Å². The standard InChI is InChI=1S/C40H50O6Si/c1-40(2,3)47(4,5)45-30-35-36(41-26-31-18-10-6-11-19-31)37(42-27-32-20-12-7-13-21-32)38(43-28-33-22-14-8-15-23-33)39(46-35)44-29-34-24-16-9-17-25-34/h6-25,35-39H,26-30H2,1-5H3/t35?,36-,37+,38?,39+/m0/s1. The maximum absolute atomic E-state index is 6.85. The monoisotopic (exact) mass is 654 g/mol. The first-order chi connectivity index (χ1) is 22.7. The Morgan fingerprint density at radius 2 is 0.872 bits per heavy atom. The Balaban J connectivity index is 1.48. The minimum absolute atomic E-state index is 0.0375. The molecule has 5 atom stereocenters. The van der Waals surface area contributed by atoms with Gasteiger partial charge in [0.1, 0.15) is 24.4 Å². The Morgan fingerprint density at radius 1 is 0.511 bits per heavy atom. The second-order valence-corrected chi connectivity index (χ2v) is 18.5. The van der Waals surface area contributed by atoms with Crippen molar-refractivity contribution in [3.8, 4) is 0 Å². The lowest BCUT2D eigenvalue weighted by atomic mass is 9.97. The van der Waals surface area contributed by atoms with Crippen LogP contribution in [0.1, 0.15) is 43.0 Å². The maximum atomic E-state index is 6.85. The molecule has 0 spiro atoms. The van der Waals surface area contributed by atoms with E-state index in [0.29, 0.717) is 33.0 Å². The largest absolute Gasteiger partial charge is 0.414 e. The average Bonchev–Trinajstić information content (AvgIpc) is 3.09. The highest BCUT2D eigenvalue weighted by atomic mass is 28.4. The highest BCUT2D eigenvalue weighted by Gasteiger charge is 2.50. The van der Waals surface area contributed by atoms with Gasteiger partial charge < -0.3 is 28.1 Å². The van der Waals surface area contributed by atoms with Crippen LogP contribution < -0.4 is 0 Å². The molecule has 1 aliphatic heterocycles. The summed E-state index contributed by atoms with van der Waals surface area (Å²) in [5, 5.41) is 0.0375. The van der Waals surface area contributed by atoms with Gasteiger partial charge in [-0.05, 0) is 40.4 Å². The van der Waals surface area contributed by atoms with Gasteiger partial charge in [0.05, 0.1) is 33.0 Å². The predicted octanol–water partition coefficient (Wildman–Crippen LogP) is 8.71. The van der Waals surface area contributed by atoms with Gasteiger partial charge in [0.15, 0.2) is 14.6 Å². The molecule has 250 valence electrons. The second kappa shape index (κ2) is 16.8. The zero-order valence-electron chi connectivity index (χ0n) is 28.4. The first-order valence-electron chi connectivity index (χ1n) is 16.6. The maximum Gasteiger partial charge on any atom is 0.192 e. The van der Waals surface area contributed by atoms with Crippen LogP contribution in [0.5, 0.6) is 0 Å². The van der Waals surface area contributed by atoms with Gasteiger partial charge in [0, 0.05) is 0 Å². The van der Waals surface area contributed by atoms with Crippen molar-refractivity contribution in [1.29, 1.82) is 0 Å². The third-order valence-electron chi connectivity index (χ3n) is 9.12. The van der Waals surface area contributed by atoms with E-state index >= 15 is 0 Å². The molecule has 1 aliphatic rings. The summed E-state index contributed by atoms with van der Waals surface area (Å²) in [6.07, 6.45) is -2.74. The molecule has 2 unspecified atom stereocenters. The number of rotatable bonds is 15. The fourth-order valence-electron chi connectivity index (χ4n) is 5.27. The van der Waals surface area contributed by atoms with Crippen LogP contribution in [-0.4, -0.2) is 45.6 Å². The second-order valence-electron chi connectivity index (χ2n) is 13.7. The summed E-state index contributed by atoms with van der Waals surface area (Å²) in [6.45, 7) is 13.1. The van der Waals surface area contributed by atoms with Crippen LogP contribution in [0, 0.1) is 0 Å². The van der Waals surface area contributed by atoms with Crippen molar-refractivity contribution < 1.29 is 28.1 Å². The molecule has 7 heteroatoms. The molecule has 5 rings (SSSR count). The minimum atomic E-state index is -2.12. The van der Waals surface area contributed by atoms with Crippen molar-refractivity contribution in [2.24, 2.45) is 0 Å². The number of benzene rings is 4. The smallest absolute Gasteiger partial charge is 0.192 e. The van der Waals surface area contributed by atoms with E-state index in [2.05, 4.69) is 82.4 Å². The molecule has 0 bridgehead atoms. The van der Waals surface area contributed by atoms with Crippen LogP contribution in [0.3, 0.4) is 0 Å². The van der Waals surface area contributed by atoms with Crippen molar-refractivity contribution in [3.63, 3.8) is 0 Å². The highest BCUT2D eigenvalue weighted by Crippen LogP contribution is 2.38. The molecule has 4 aromatic carbocycles. The van der Waals surface area contributed by atoms with E-state index in [-0.39, 0.29) is 5.04 Å². The molecule has 1 saturated heterocycles. The summed E-state index contributed by atoms with van der Waals surface area (Å²) in [5.74, 6) is 0. The molecule has 6 nitrogen and oxygen atoms in total. The van der Waals surface area contributed by atoms with Crippen molar-refractivity contribution in [2.45, 2.75) is 96.0 Å². The van der Waals surface area contributed by atoms with Gasteiger partial charge in [0.2, 0.25) is 0 Å². The lowest BCUT2D eigenvalue weighted by Crippen LogP contribution is -2.62. The Kier molecular flexibility index (Phi) is 12.6. The molecular formula is C40H50O6Si. The Morgan fingerprint density at radius 3 is 1.28 bits per heavy atom. The zero-order chi connectivity index (χ0) is 33.1. The Hall–Kier alpha value is -3.14. The Labute approximate surface area is 282 Å². The summed E-state index contributed by atoms with van der Waals surface area (Å²) in [4.78, 5) is 0. The first kappa shape index (κ1) is 35.2. The molecule has 1 fully saturated rings. The van der Waals surface area contributed by atoms with Crippen LogP contribution in [0.25, 0.3) is 0 Å². The van der Waals surface area contributed by atoms with Crippen molar-refractivity contribution in [3.05, 3.63) is 144 Å². The summed E-state index contributed by atoms with van der Waals surface area (Å²) in [5.41, 5.74) is 4.25. The first-order valence-corrected chi connectivity index (χ1v) is 19.5. The quantitative estimate of drug-likeness (QED) is 0.120. The van der Waals surface area contributed by atoms with Crippen molar-refractivity contribution in [1.82, 2.24) is 0 Å². The zero-order valence-corrected chi connectivity index (χ0v) is 29.4. The van der Waals surface area contributed by atoms with Crippen LogP contribution in [0.15, 0.2) is 121 Å². The van der Waals surface area contributed by atoms with Crippen LogP contribution >= 0.6 is 0 Å². The van der Waals surface area contributed by atoms with Gasteiger partial charge in [-0.1, -0.05) is 142 Å². The summed E-state index contributed by atoms with van der Waals surface area (Å²) < 4.78 is 40.5. The number of ether oxygens (including phenoxy) is 5. The molecule has 0 N–H and O–H groups in total. The molecule has 0 amide bonds. The van der Waals surface area contributed by atoms with Crippen molar-refractivity contribution in [2.75, 3.05) is 6.61 Å². The molecule has 0 aliphatic carbocycles. The predicted molar refractivity (Wildman–Crippen MR) is 188 cm³/mol. The van der Waals surface area contributed by atoms with E-state index in [9.17, 15) is 0 Å². The van der Waals surface area contributed by atoms with Crippen molar-refractivity contribution >= 4 is 8.32 Å². The van der Waals surface area contributed by atoms with Gasteiger partial charge >= 0.3 is 0 Å². The third kappa shape index (κ3) is 10.2. The number of hydrogen-bond donors (Lipinski definition) is 0. The fourth-order valence-corrected chi connectivity index (χ4v) is 6.29. The van der Waals surface area contributed by atoms with Gasteiger partial charge in [-0.15, -0.1) is 0 Å². The molecule has 0 aromatic heterocycles. The normalized spacial score (nSPS) is 21.9. The van der Waals surface area contributed by atoms with Gasteiger partial charge in [0.25, 0.3) is 0 Å². The molecular weight excluding hydrogens is 605 g/mol. The van der Waals surface area contributed by atoms with Crippen LogP contribution in [0.4, 0.5) is 0 Å². The summed E-state index contributed by atoms with van der Waals surface area (Å²) in [7, 11) is -2.12. The van der Waals surface area contributed by atoms with E-state index in [1.165, 1.54) is 0 Å². The molecule has 0 radical (unpaired) electrons. The lowest BCUT2D eigenvalue weighted by molar-refractivity contribution is -0.328. The van der Waals surface area contributed by atoms with E-state index in [0.717, 1.165) is 22.3 Å². The number of hydrogen-bond acceptors (Lipinski definition) is 6. The van der Waals surface area contributed by atoms with E-state index in [4.69, 9.17) is 28.1 Å². The van der Waals surface area contributed by atoms with Gasteiger partial charge in [-0.2, -0.15) is 0 Å². The van der Waals surface area contributed by atoms with E-state index in [1.807, 2.05) is 72.8 Å². The average molecular weight is 655 g/mol.